The van der Waals surface area contributed by atoms with Gasteiger partial charge in [0.1, 0.15) is 12.1 Å². The van der Waals surface area contributed by atoms with E-state index in [2.05, 4.69) is 29.1 Å². The van der Waals surface area contributed by atoms with Gasteiger partial charge >= 0.3 is 5.97 Å². The van der Waals surface area contributed by atoms with Crippen LogP contribution in [-0.2, 0) is 4.79 Å². The van der Waals surface area contributed by atoms with Crippen LogP contribution in [0.5, 0.6) is 0 Å². The lowest BCUT2D eigenvalue weighted by atomic mass is 9.79. The topological polar surface area (TPSA) is 75.1 Å². The van der Waals surface area contributed by atoms with Crippen LogP contribution in [0.1, 0.15) is 64.0 Å². The fourth-order valence-corrected chi connectivity index (χ4v) is 2.89. The fraction of sp³-hybridized carbons (Fsp3) is 0.667. The summed E-state index contributed by atoms with van der Waals surface area (Å²) in [6, 6.07) is 1.93. The van der Waals surface area contributed by atoms with Gasteiger partial charge in [0.05, 0.1) is 6.42 Å². The van der Waals surface area contributed by atoms with E-state index in [1.807, 2.05) is 6.07 Å². The summed E-state index contributed by atoms with van der Waals surface area (Å²) in [6.07, 6.45) is 6.80. The Morgan fingerprint density at radius 1 is 1.35 bits per heavy atom. The Balaban J connectivity index is 2.18. The lowest BCUT2D eigenvalue weighted by Gasteiger charge is -2.37. The van der Waals surface area contributed by atoms with Crippen LogP contribution in [0.15, 0.2) is 12.4 Å². The second-order valence-electron chi connectivity index (χ2n) is 6.02. The molecule has 5 heteroatoms. The van der Waals surface area contributed by atoms with E-state index in [1.54, 1.807) is 6.33 Å². The summed E-state index contributed by atoms with van der Waals surface area (Å²) in [6.45, 7) is 4.17. The molecule has 1 aromatic rings. The highest BCUT2D eigenvalue weighted by atomic mass is 16.4. The van der Waals surface area contributed by atoms with E-state index in [4.69, 9.17) is 0 Å². The third-order valence-electron chi connectivity index (χ3n) is 3.97. The van der Waals surface area contributed by atoms with Crippen molar-refractivity contribution in [2.24, 2.45) is 0 Å². The van der Waals surface area contributed by atoms with Crippen molar-refractivity contribution < 1.29 is 9.90 Å². The quantitative estimate of drug-likeness (QED) is 0.864. The van der Waals surface area contributed by atoms with Gasteiger partial charge < -0.3 is 10.4 Å². The average Bonchev–Trinajstić information content (AvgIpc) is 2.38. The van der Waals surface area contributed by atoms with Gasteiger partial charge in [-0.25, -0.2) is 9.97 Å². The molecule has 0 amide bonds. The molecule has 0 bridgehead atoms. The molecule has 1 saturated carbocycles. The van der Waals surface area contributed by atoms with E-state index in [0.29, 0.717) is 5.92 Å². The summed E-state index contributed by atoms with van der Waals surface area (Å²) >= 11 is 0. The molecule has 0 unspecified atom stereocenters. The Bertz CT molecular complexity index is 468. The first kappa shape index (κ1) is 14.8. The zero-order valence-electron chi connectivity index (χ0n) is 12.2. The molecular weight excluding hydrogens is 254 g/mol. The first-order chi connectivity index (χ1) is 9.51. The highest BCUT2D eigenvalue weighted by Crippen LogP contribution is 2.34. The summed E-state index contributed by atoms with van der Waals surface area (Å²) < 4.78 is 0. The lowest BCUT2D eigenvalue weighted by molar-refractivity contribution is -0.138. The Labute approximate surface area is 119 Å². The highest BCUT2D eigenvalue weighted by molar-refractivity contribution is 5.69. The van der Waals surface area contributed by atoms with E-state index >= 15 is 0 Å². The maximum atomic E-state index is 11.2. The largest absolute Gasteiger partial charge is 0.481 e. The molecule has 20 heavy (non-hydrogen) atoms. The van der Waals surface area contributed by atoms with Crippen LogP contribution in [-0.4, -0.2) is 26.6 Å². The molecule has 0 aliphatic heterocycles. The van der Waals surface area contributed by atoms with Crippen molar-refractivity contribution in [3.05, 3.63) is 18.1 Å². The van der Waals surface area contributed by atoms with Gasteiger partial charge in [0, 0.05) is 17.3 Å². The van der Waals surface area contributed by atoms with Gasteiger partial charge in [-0.2, -0.15) is 0 Å². The maximum Gasteiger partial charge on any atom is 0.305 e. The average molecular weight is 277 g/mol. The van der Waals surface area contributed by atoms with Gasteiger partial charge in [-0.3, -0.25) is 4.79 Å². The number of rotatable bonds is 5. The van der Waals surface area contributed by atoms with Crippen molar-refractivity contribution in [3.8, 4) is 0 Å². The molecule has 110 valence electrons. The van der Waals surface area contributed by atoms with Gasteiger partial charge in [0.25, 0.3) is 0 Å². The highest BCUT2D eigenvalue weighted by Gasteiger charge is 2.34. The second kappa shape index (κ2) is 6.20. The predicted octanol–water partition coefficient (Wildman–Crippen LogP) is 3.19. The van der Waals surface area contributed by atoms with Gasteiger partial charge in [0.2, 0.25) is 0 Å². The Morgan fingerprint density at radius 3 is 2.65 bits per heavy atom. The number of anilines is 1. The third-order valence-corrected chi connectivity index (χ3v) is 3.97. The molecule has 1 aromatic heterocycles. The molecular formula is C15H23N3O2. The molecule has 5 nitrogen and oxygen atoms in total. The fourth-order valence-electron chi connectivity index (χ4n) is 2.89. The lowest BCUT2D eigenvalue weighted by Crippen LogP contribution is -2.42. The van der Waals surface area contributed by atoms with Crippen LogP contribution in [0.2, 0.25) is 0 Å². The van der Waals surface area contributed by atoms with Gasteiger partial charge in [-0.15, -0.1) is 0 Å². The molecule has 2 rings (SSSR count). The molecule has 1 aliphatic carbocycles. The number of carboxylic acid groups (broad SMARTS) is 1. The number of carbonyl (C=O) groups is 1. The molecule has 1 fully saturated rings. The number of aromatic nitrogens is 2. The van der Waals surface area contributed by atoms with Crippen LogP contribution < -0.4 is 5.32 Å². The minimum Gasteiger partial charge on any atom is -0.481 e. The number of hydrogen-bond acceptors (Lipinski definition) is 4. The van der Waals surface area contributed by atoms with E-state index in [1.165, 1.54) is 6.42 Å². The first-order valence-electron chi connectivity index (χ1n) is 7.33. The Hall–Kier alpha value is -1.65. The van der Waals surface area contributed by atoms with Crippen LogP contribution in [0, 0.1) is 0 Å². The number of carboxylic acids is 1. The molecule has 1 heterocycles. The number of nitrogens with one attached hydrogen (secondary N) is 1. The zero-order chi connectivity index (χ0) is 14.6. The van der Waals surface area contributed by atoms with E-state index in [-0.39, 0.29) is 12.0 Å². The SMILES string of the molecule is CC(C)c1cc(NC2(CC(=O)O)CCCCC2)ncn1. The molecule has 0 atom stereocenters. The number of hydrogen-bond donors (Lipinski definition) is 2. The van der Waals surface area contributed by atoms with Gasteiger partial charge in [-0.1, -0.05) is 33.1 Å². The zero-order valence-corrected chi connectivity index (χ0v) is 12.2. The minimum absolute atomic E-state index is 0.147. The van der Waals surface area contributed by atoms with Crippen molar-refractivity contribution in [1.82, 2.24) is 9.97 Å². The third kappa shape index (κ3) is 3.68. The van der Waals surface area contributed by atoms with Gasteiger partial charge in [-0.05, 0) is 18.8 Å². The van der Waals surface area contributed by atoms with Crippen LogP contribution in [0.3, 0.4) is 0 Å². The van der Waals surface area contributed by atoms with Crippen molar-refractivity contribution in [1.29, 1.82) is 0 Å². The standard InChI is InChI=1S/C15H23N3O2/c1-11(2)12-8-13(17-10-16-12)18-15(9-14(19)20)6-4-3-5-7-15/h8,10-11H,3-7,9H2,1-2H3,(H,19,20)(H,16,17,18). The number of nitrogens with zero attached hydrogens (tertiary/aromatic N) is 2. The molecule has 2 N–H and O–H groups in total. The normalized spacial score (nSPS) is 17.9. The predicted molar refractivity (Wildman–Crippen MR) is 77.8 cm³/mol. The first-order valence-corrected chi connectivity index (χ1v) is 7.33. The second-order valence-corrected chi connectivity index (χ2v) is 6.02. The van der Waals surface area contributed by atoms with Gasteiger partial charge in [0.15, 0.2) is 0 Å². The molecule has 0 saturated heterocycles. The van der Waals surface area contributed by atoms with Crippen LogP contribution in [0.25, 0.3) is 0 Å². The van der Waals surface area contributed by atoms with Crippen LogP contribution >= 0.6 is 0 Å². The van der Waals surface area contributed by atoms with E-state index < -0.39 is 5.97 Å². The van der Waals surface area contributed by atoms with E-state index in [9.17, 15) is 9.90 Å². The summed E-state index contributed by atoms with van der Waals surface area (Å²) in [4.78, 5) is 19.7. The minimum atomic E-state index is -0.752. The molecule has 1 aliphatic rings. The summed E-state index contributed by atoms with van der Waals surface area (Å²) in [5.74, 6) is 0.324. The van der Waals surface area contributed by atoms with Crippen LogP contribution in [0.4, 0.5) is 5.82 Å². The monoisotopic (exact) mass is 277 g/mol. The molecule has 0 spiro atoms. The molecule has 0 radical (unpaired) electrons. The summed E-state index contributed by atoms with van der Waals surface area (Å²) in [7, 11) is 0. The summed E-state index contributed by atoms with van der Waals surface area (Å²) in [5, 5.41) is 12.6. The smallest absolute Gasteiger partial charge is 0.305 e. The van der Waals surface area contributed by atoms with Crippen molar-refractivity contribution in [2.45, 2.75) is 63.8 Å². The summed E-state index contributed by atoms with van der Waals surface area (Å²) in [5.41, 5.74) is 0.621. The van der Waals surface area contributed by atoms with Crippen molar-refractivity contribution >= 4 is 11.8 Å². The van der Waals surface area contributed by atoms with Crippen molar-refractivity contribution in [2.75, 3.05) is 5.32 Å². The Kier molecular flexibility index (Phi) is 4.57. The molecule has 0 aromatic carbocycles. The maximum absolute atomic E-state index is 11.2. The number of aliphatic carboxylic acids is 1. The van der Waals surface area contributed by atoms with Crippen molar-refractivity contribution in [3.63, 3.8) is 0 Å². The Morgan fingerprint density at radius 2 is 2.05 bits per heavy atom. The van der Waals surface area contributed by atoms with E-state index in [0.717, 1.165) is 37.2 Å².